The highest BCUT2D eigenvalue weighted by Gasteiger charge is 2.17. The average molecular weight is 513 g/mol. The summed E-state index contributed by atoms with van der Waals surface area (Å²) in [6.45, 7) is 7.84. The van der Waals surface area contributed by atoms with E-state index >= 15 is 0 Å². The van der Waals surface area contributed by atoms with E-state index in [-0.39, 0.29) is 24.1 Å². The number of fused-ring (bicyclic) bond motifs is 1. The van der Waals surface area contributed by atoms with Crippen LogP contribution in [-0.2, 0) is 13.1 Å². The molecule has 1 saturated heterocycles. The molecule has 0 aliphatic carbocycles. The zero-order chi connectivity index (χ0) is 26.2. The van der Waals surface area contributed by atoms with Crippen LogP contribution in [0.5, 0.6) is 11.8 Å². The van der Waals surface area contributed by atoms with Gasteiger partial charge < -0.3 is 36.1 Å². The first-order chi connectivity index (χ1) is 18.0. The van der Waals surface area contributed by atoms with E-state index in [2.05, 4.69) is 38.2 Å². The lowest BCUT2D eigenvalue weighted by atomic mass is 10.1. The Labute approximate surface area is 217 Å². The van der Waals surface area contributed by atoms with Crippen LogP contribution in [0.15, 0.2) is 23.0 Å². The minimum Gasteiger partial charge on any atom is -0.496 e. The number of anilines is 1. The van der Waals surface area contributed by atoms with Crippen LogP contribution in [0.2, 0.25) is 0 Å². The smallest absolute Gasteiger partial charge is 0.328 e. The second-order valence-corrected chi connectivity index (χ2v) is 9.66. The van der Waals surface area contributed by atoms with Gasteiger partial charge in [0.15, 0.2) is 11.5 Å². The summed E-state index contributed by atoms with van der Waals surface area (Å²) in [7, 11) is 1.64. The van der Waals surface area contributed by atoms with E-state index < -0.39 is 0 Å². The third-order valence-corrected chi connectivity index (χ3v) is 6.83. The van der Waals surface area contributed by atoms with Gasteiger partial charge in [-0.05, 0) is 63.5 Å². The summed E-state index contributed by atoms with van der Waals surface area (Å²) in [5.74, 6) is 0.899. The number of likely N-dealkylation sites (tertiary alicyclic amines) is 1. The first-order valence-corrected chi connectivity index (χ1v) is 13.2. The number of aromatic nitrogens is 4. The summed E-state index contributed by atoms with van der Waals surface area (Å²) >= 11 is 0. The van der Waals surface area contributed by atoms with Gasteiger partial charge in [-0.3, -0.25) is 4.57 Å². The van der Waals surface area contributed by atoms with Gasteiger partial charge in [-0.2, -0.15) is 9.97 Å². The van der Waals surface area contributed by atoms with Crippen molar-refractivity contribution in [2.75, 3.05) is 45.6 Å². The summed E-state index contributed by atoms with van der Waals surface area (Å²) in [4.78, 5) is 26.6. The molecule has 11 heteroatoms. The molecule has 1 fully saturated rings. The topological polar surface area (TPSA) is 149 Å². The molecule has 11 nitrogen and oxygen atoms in total. The third-order valence-electron chi connectivity index (χ3n) is 6.83. The molecule has 0 radical (unpaired) electrons. The van der Waals surface area contributed by atoms with Crippen LogP contribution in [-0.4, -0.2) is 70.4 Å². The fourth-order valence-corrected chi connectivity index (χ4v) is 4.59. The van der Waals surface area contributed by atoms with Crippen molar-refractivity contribution in [3.8, 4) is 11.8 Å². The monoisotopic (exact) mass is 512 g/mol. The van der Waals surface area contributed by atoms with Crippen LogP contribution in [0, 0.1) is 0 Å². The van der Waals surface area contributed by atoms with E-state index in [4.69, 9.17) is 20.9 Å². The minimum absolute atomic E-state index is 0.170. The Morgan fingerprint density at radius 1 is 1.22 bits per heavy atom. The maximum absolute atomic E-state index is 12.7. The Kier molecular flexibility index (Phi) is 9.37. The van der Waals surface area contributed by atoms with E-state index in [1.54, 1.807) is 7.11 Å². The fourth-order valence-electron chi connectivity index (χ4n) is 4.59. The van der Waals surface area contributed by atoms with Crippen LogP contribution < -0.4 is 31.9 Å². The van der Waals surface area contributed by atoms with E-state index in [9.17, 15) is 4.79 Å². The fraction of sp³-hybridized carbons (Fsp3) is 0.577. The maximum atomic E-state index is 12.7. The lowest BCUT2D eigenvalue weighted by Gasteiger charge is -2.29. The van der Waals surface area contributed by atoms with Crippen molar-refractivity contribution in [3.63, 3.8) is 0 Å². The first kappa shape index (κ1) is 26.9. The van der Waals surface area contributed by atoms with Crippen LogP contribution in [0.4, 0.5) is 5.82 Å². The number of benzene rings is 1. The van der Waals surface area contributed by atoms with Crippen LogP contribution in [0.3, 0.4) is 0 Å². The van der Waals surface area contributed by atoms with Gasteiger partial charge >= 0.3 is 11.7 Å². The number of nitrogens with two attached hydrogens (primary N) is 2. The predicted octanol–water partition coefficient (Wildman–Crippen LogP) is 1.84. The summed E-state index contributed by atoms with van der Waals surface area (Å²) < 4.78 is 12.8. The number of nitrogens with zero attached hydrogens (tertiary/aromatic N) is 4. The molecule has 3 aromatic rings. The normalized spacial score (nSPS) is 14.9. The second kappa shape index (κ2) is 12.9. The number of ether oxygens (including phenoxy) is 2. The van der Waals surface area contributed by atoms with Crippen molar-refractivity contribution in [2.24, 2.45) is 5.73 Å². The van der Waals surface area contributed by atoms with Crippen molar-refractivity contribution in [1.29, 1.82) is 0 Å². The van der Waals surface area contributed by atoms with E-state index in [0.29, 0.717) is 29.6 Å². The van der Waals surface area contributed by atoms with Crippen LogP contribution in [0.1, 0.15) is 50.2 Å². The number of rotatable bonds is 13. The molecule has 0 saturated carbocycles. The van der Waals surface area contributed by atoms with Gasteiger partial charge in [-0.15, -0.1) is 0 Å². The molecule has 1 aromatic carbocycles. The van der Waals surface area contributed by atoms with Crippen LogP contribution >= 0.6 is 0 Å². The summed E-state index contributed by atoms with van der Waals surface area (Å²) in [6.07, 6.45) is 5.17. The molecule has 0 spiro atoms. The molecule has 1 aliphatic rings. The highest BCUT2D eigenvalue weighted by molar-refractivity contribution is 5.82. The van der Waals surface area contributed by atoms with Gasteiger partial charge in [0.2, 0.25) is 0 Å². The van der Waals surface area contributed by atoms with Crippen molar-refractivity contribution in [2.45, 2.75) is 58.2 Å². The Hall–Kier alpha value is -3.15. The number of aromatic amines is 1. The number of piperidine rings is 1. The van der Waals surface area contributed by atoms with Crippen LogP contribution in [0.25, 0.3) is 11.2 Å². The second-order valence-electron chi connectivity index (χ2n) is 9.66. The number of hydrogen-bond acceptors (Lipinski definition) is 9. The van der Waals surface area contributed by atoms with Gasteiger partial charge in [-0.1, -0.05) is 25.5 Å². The van der Waals surface area contributed by atoms with Crippen molar-refractivity contribution < 1.29 is 9.47 Å². The Morgan fingerprint density at radius 3 is 2.78 bits per heavy atom. The van der Waals surface area contributed by atoms with Crippen molar-refractivity contribution in [3.05, 3.63) is 39.8 Å². The molecule has 0 bridgehead atoms. The molecule has 0 unspecified atom stereocenters. The largest absolute Gasteiger partial charge is 0.496 e. The summed E-state index contributed by atoms with van der Waals surface area (Å²) in [5.41, 5.74) is 14.5. The molecule has 6 N–H and O–H groups in total. The number of imidazole rings is 1. The zero-order valence-electron chi connectivity index (χ0n) is 22.0. The number of hydrogen-bond donors (Lipinski definition) is 4. The van der Waals surface area contributed by atoms with E-state index in [0.717, 1.165) is 76.0 Å². The molecule has 3 heterocycles. The predicted molar refractivity (Wildman–Crippen MR) is 145 cm³/mol. The summed E-state index contributed by atoms with van der Waals surface area (Å²) in [6, 6.07) is 6.59. The van der Waals surface area contributed by atoms with Crippen molar-refractivity contribution in [1.82, 2.24) is 29.7 Å². The lowest BCUT2D eigenvalue weighted by Crippen LogP contribution is -2.40. The molecular formula is C26H40N8O3. The number of nitrogen functional groups attached to an aromatic ring is 1. The third kappa shape index (κ3) is 7.00. The molecule has 0 atom stereocenters. The van der Waals surface area contributed by atoms with Gasteiger partial charge in [-0.25, -0.2) is 4.79 Å². The Bertz CT molecular complexity index is 1220. The molecule has 0 amide bonds. The minimum atomic E-state index is -0.315. The van der Waals surface area contributed by atoms with Gasteiger partial charge in [0.25, 0.3) is 0 Å². The number of unbranched alkanes of at least 4 members (excludes halogenated alkanes) is 1. The van der Waals surface area contributed by atoms with Gasteiger partial charge in [0, 0.05) is 18.2 Å². The Morgan fingerprint density at radius 2 is 2.03 bits per heavy atom. The Balaban J connectivity index is 1.38. The van der Waals surface area contributed by atoms with Gasteiger partial charge in [0.05, 0.1) is 20.3 Å². The maximum Gasteiger partial charge on any atom is 0.328 e. The van der Waals surface area contributed by atoms with E-state index in [1.807, 2.05) is 12.1 Å². The standard InChI is InChI=1S/C26H40N8O3/c1-3-4-14-37-25-31-23(28)22-24(32-25)34(26(35)30-22)17-19-7-6-18(15-21(19)36-2)16-29-10-5-11-33-12-8-20(27)9-13-33/h6-7,15,20,29H,3-5,8-14,16-17,27H2,1-2H3,(H,30,35)(H2,28,31,32). The average Bonchev–Trinajstić information content (AvgIpc) is 3.21. The zero-order valence-corrected chi connectivity index (χ0v) is 22.0. The molecular weight excluding hydrogens is 472 g/mol. The lowest BCUT2D eigenvalue weighted by molar-refractivity contribution is 0.210. The SMILES string of the molecule is CCCCOc1nc(N)c2[nH]c(=O)n(Cc3ccc(CNCCCN4CCC(N)CC4)cc3OC)c2n1. The molecule has 1 aliphatic heterocycles. The molecule has 4 rings (SSSR count). The van der Waals surface area contributed by atoms with Gasteiger partial charge in [0.1, 0.15) is 11.3 Å². The summed E-state index contributed by atoms with van der Waals surface area (Å²) in [5, 5.41) is 3.52. The van der Waals surface area contributed by atoms with E-state index in [1.165, 1.54) is 4.57 Å². The molecule has 37 heavy (non-hydrogen) atoms. The number of H-pyrrole nitrogens is 1. The number of methoxy groups -OCH3 is 1. The first-order valence-electron chi connectivity index (χ1n) is 13.2. The highest BCUT2D eigenvalue weighted by Crippen LogP contribution is 2.24. The number of nitrogens with one attached hydrogen (secondary N) is 2. The highest BCUT2D eigenvalue weighted by atomic mass is 16.5. The van der Waals surface area contributed by atoms with Crippen molar-refractivity contribution >= 4 is 17.0 Å². The quantitative estimate of drug-likeness (QED) is 0.252. The molecule has 202 valence electrons. The molecule has 2 aromatic heterocycles.